The van der Waals surface area contributed by atoms with Crippen LogP contribution in [0.15, 0.2) is 31.0 Å². The molecule has 0 saturated heterocycles. The van der Waals surface area contributed by atoms with Crippen LogP contribution >= 0.6 is 0 Å². The van der Waals surface area contributed by atoms with Crippen molar-refractivity contribution in [1.29, 1.82) is 0 Å². The number of Topliss-reactive ketones (excluding diaryl/α,β-unsaturated/α-hetero) is 1. The summed E-state index contributed by atoms with van der Waals surface area (Å²) in [6.45, 7) is 8.35. The molecule has 1 heterocycles. The quantitative estimate of drug-likeness (QED) is 0.498. The molecule has 2 rings (SSSR count). The van der Waals surface area contributed by atoms with Crippen LogP contribution in [0.5, 0.6) is 5.75 Å². The van der Waals surface area contributed by atoms with Crippen LogP contribution < -0.4 is 0 Å². The number of carbonyl (C=O) groups is 1. The Morgan fingerprint density at radius 3 is 2.90 bits per heavy atom. The molecule has 0 spiro atoms. The highest BCUT2D eigenvalue weighted by molar-refractivity contribution is 6.08. The summed E-state index contributed by atoms with van der Waals surface area (Å²) >= 11 is 0. The monoisotopic (exact) mass is 273 g/mol. The van der Waals surface area contributed by atoms with Crippen molar-refractivity contribution in [3.8, 4) is 5.75 Å². The first kappa shape index (κ1) is 14.2. The molecule has 0 bridgehead atoms. The molecule has 0 saturated carbocycles. The molecule has 1 aromatic carbocycles. The van der Waals surface area contributed by atoms with Crippen molar-refractivity contribution in [2.45, 2.75) is 26.8 Å². The van der Waals surface area contributed by atoms with Crippen LogP contribution in [0.25, 0.3) is 10.9 Å². The molecule has 4 nitrogen and oxygen atoms in total. The van der Waals surface area contributed by atoms with Gasteiger partial charge in [-0.25, -0.2) is 0 Å². The van der Waals surface area contributed by atoms with Crippen molar-refractivity contribution in [1.82, 2.24) is 4.57 Å². The number of ether oxygens (including phenoxy) is 1. The maximum absolute atomic E-state index is 11.8. The molecular formula is C16H19NO3. The third kappa shape index (κ3) is 2.54. The molecule has 1 aromatic heterocycles. The smallest absolute Gasteiger partial charge is 0.162 e. The van der Waals surface area contributed by atoms with E-state index in [1.54, 1.807) is 19.1 Å². The van der Waals surface area contributed by atoms with E-state index in [4.69, 9.17) is 4.74 Å². The number of aryl methyl sites for hydroxylation is 1. The summed E-state index contributed by atoms with van der Waals surface area (Å²) in [4.78, 5) is 11.8. The van der Waals surface area contributed by atoms with Crippen molar-refractivity contribution in [3.05, 3.63) is 42.3 Å². The van der Waals surface area contributed by atoms with Crippen LogP contribution in [0.1, 0.15) is 29.4 Å². The Labute approximate surface area is 118 Å². The van der Waals surface area contributed by atoms with Crippen molar-refractivity contribution in [2.75, 3.05) is 6.61 Å². The maximum atomic E-state index is 11.8. The molecule has 0 aliphatic rings. The number of aromatic nitrogens is 1. The van der Waals surface area contributed by atoms with Gasteiger partial charge in [-0.3, -0.25) is 4.79 Å². The number of phenolic OH excluding ortho intramolecular Hbond substituents is 1. The molecule has 0 fully saturated rings. The van der Waals surface area contributed by atoms with Crippen LogP contribution in [0, 0.1) is 6.92 Å². The molecule has 2 aromatic rings. The van der Waals surface area contributed by atoms with E-state index in [0.29, 0.717) is 12.2 Å². The van der Waals surface area contributed by atoms with E-state index in [1.165, 1.54) is 6.26 Å². The van der Waals surface area contributed by atoms with Crippen LogP contribution in [0.3, 0.4) is 0 Å². The van der Waals surface area contributed by atoms with E-state index in [0.717, 1.165) is 29.6 Å². The number of nitrogens with zero attached hydrogens (tertiary/aromatic N) is 1. The molecule has 0 radical (unpaired) electrons. The molecule has 0 atom stereocenters. The first-order valence-electron chi connectivity index (χ1n) is 6.61. The molecule has 20 heavy (non-hydrogen) atoms. The highest BCUT2D eigenvalue weighted by atomic mass is 16.5. The van der Waals surface area contributed by atoms with Gasteiger partial charge in [0.05, 0.1) is 12.9 Å². The number of rotatable bonds is 6. The van der Waals surface area contributed by atoms with Gasteiger partial charge in [-0.05, 0) is 38.5 Å². The SMILES string of the molecule is C=COCCCn1c(C)c(C(C)=O)c2cc(O)ccc21. The van der Waals surface area contributed by atoms with Gasteiger partial charge in [-0.2, -0.15) is 0 Å². The second-order valence-electron chi connectivity index (χ2n) is 4.76. The van der Waals surface area contributed by atoms with Gasteiger partial charge in [-0.15, -0.1) is 0 Å². The standard InChI is InChI=1S/C16H19NO3/c1-4-20-9-5-8-17-11(2)16(12(3)18)14-10-13(19)6-7-15(14)17/h4,6-7,10,19H,1,5,8-9H2,2-3H3. The average molecular weight is 273 g/mol. The number of hydrogen-bond donors (Lipinski definition) is 1. The highest BCUT2D eigenvalue weighted by Gasteiger charge is 2.17. The summed E-state index contributed by atoms with van der Waals surface area (Å²) in [7, 11) is 0. The van der Waals surface area contributed by atoms with Crippen molar-refractivity contribution < 1.29 is 14.6 Å². The predicted molar refractivity (Wildman–Crippen MR) is 79.1 cm³/mol. The van der Waals surface area contributed by atoms with Gasteiger partial charge in [0, 0.05) is 28.7 Å². The third-order valence-corrected chi connectivity index (χ3v) is 3.42. The fourth-order valence-corrected chi connectivity index (χ4v) is 2.59. The van der Waals surface area contributed by atoms with Gasteiger partial charge in [0.2, 0.25) is 0 Å². The molecule has 4 heteroatoms. The molecule has 106 valence electrons. The lowest BCUT2D eigenvalue weighted by Gasteiger charge is -2.08. The minimum atomic E-state index is 0.0131. The zero-order valence-electron chi connectivity index (χ0n) is 11.8. The predicted octanol–water partition coefficient (Wildman–Crippen LogP) is 3.41. The van der Waals surface area contributed by atoms with Crippen LogP contribution in [-0.2, 0) is 11.3 Å². The lowest BCUT2D eigenvalue weighted by atomic mass is 10.1. The van der Waals surface area contributed by atoms with E-state index in [1.807, 2.05) is 13.0 Å². The van der Waals surface area contributed by atoms with Crippen LogP contribution in [0.4, 0.5) is 0 Å². The average Bonchev–Trinajstić information content (AvgIpc) is 2.66. The summed E-state index contributed by atoms with van der Waals surface area (Å²) < 4.78 is 7.22. The molecule has 0 aliphatic heterocycles. The number of fused-ring (bicyclic) bond motifs is 1. The Balaban J connectivity index is 2.45. The summed E-state index contributed by atoms with van der Waals surface area (Å²) in [5, 5.41) is 10.4. The maximum Gasteiger partial charge on any atom is 0.162 e. The molecule has 0 aliphatic carbocycles. The molecule has 1 N–H and O–H groups in total. The minimum absolute atomic E-state index is 0.0131. The number of aromatic hydroxyl groups is 1. The molecule has 0 unspecified atom stereocenters. The number of benzene rings is 1. The zero-order valence-corrected chi connectivity index (χ0v) is 11.8. The third-order valence-electron chi connectivity index (χ3n) is 3.42. The Bertz CT molecular complexity index is 655. The largest absolute Gasteiger partial charge is 0.508 e. The Kier molecular flexibility index (Phi) is 4.13. The van der Waals surface area contributed by atoms with Crippen molar-refractivity contribution in [2.24, 2.45) is 0 Å². The molecule has 0 amide bonds. The topological polar surface area (TPSA) is 51.5 Å². The number of hydrogen-bond acceptors (Lipinski definition) is 3. The second-order valence-corrected chi connectivity index (χ2v) is 4.76. The van der Waals surface area contributed by atoms with Gasteiger partial charge >= 0.3 is 0 Å². The summed E-state index contributed by atoms with van der Waals surface area (Å²) in [6, 6.07) is 5.14. The number of phenols is 1. The molecular weight excluding hydrogens is 254 g/mol. The zero-order chi connectivity index (χ0) is 14.7. The first-order valence-corrected chi connectivity index (χ1v) is 6.61. The lowest BCUT2D eigenvalue weighted by molar-refractivity contribution is 0.101. The Morgan fingerprint density at radius 1 is 1.50 bits per heavy atom. The second kappa shape index (κ2) is 5.82. The minimum Gasteiger partial charge on any atom is -0.508 e. The van der Waals surface area contributed by atoms with Crippen molar-refractivity contribution in [3.63, 3.8) is 0 Å². The fourth-order valence-electron chi connectivity index (χ4n) is 2.59. The van der Waals surface area contributed by atoms with Crippen LogP contribution in [-0.4, -0.2) is 22.1 Å². The fraction of sp³-hybridized carbons (Fsp3) is 0.312. The summed E-state index contributed by atoms with van der Waals surface area (Å²) in [5.41, 5.74) is 2.57. The Morgan fingerprint density at radius 2 is 2.25 bits per heavy atom. The van der Waals surface area contributed by atoms with E-state index >= 15 is 0 Å². The van der Waals surface area contributed by atoms with Gasteiger partial charge in [0.15, 0.2) is 5.78 Å². The summed E-state index contributed by atoms with van der Waals surface area (Å²) in [5.74, 6) is 0.186. The van der Waals surface area contributed by atoms with Gasteiger partial charge < -0.3 is 14.4 Å². The number of carbonyl (C=O) groups excluding carboxylic acids is 1. The van der Waals surface area contributed by atoms with Gasteiger partial charge in [0.25, 0.3) is 0 Å². The van der Waals surface area contributed by atoms with E-state index in [-0.39, 0.29) is 11.5 Å². The number of ketones is 1. The van der Waals surface area contributed by atoms with E-state index in [9.17, 15) is 9.90 Å². The van der Waals surface area contributed by atoms with E-state index < -0.39 is 0 Å². The Hall–Kier alpha value is -2.23. The van der Waals surface area contributed by atoms with Gasteiger partial charge in [-0.1, -0.05) is 6.58 Å². The van der Waals surface area contributed by atoms with Crippen molar-refractivity contribution >= 4 is 16.7 Å². The first-order chi connectivity index (χ1) is 9.56. The van der Waals surface area contributed by atoms with E-state index in [2.05, 4.69) is 11.1 Å². The van der Waals surface area contributed by atoms with Gasteiger partial charge in [0.1, 0.15) is 5.75 Å². The highest BCUT2D eigenvalue weighted by Crippen LogP contribution is 2.29. The lowest BCUT2D eigenvalue weighted by Crippen LogP contribution is -2.04. The summed E-state index contributed by atoms with van der Waals surface area (Å²) in [6.07, 6.45) is 2.26. The van der Waals surface area contributed by atoms with Crippen LogP contribution in [0.2, 0.25) is 0 Å². The normalized spacial score (nSPS) is 10.7.